The first-order valence-electron chi connectivity index (χ1n) is 11.7. The highest BCUT2D eigenvalue weighted by Gasteiger charge is 2.33. The highest BCUT2D eigenvalue weighted by Crippen LogP contribution is 2.49. The van der Waals surface area contributed by atoms with Crippen molar-refractivity contribution >= 4 is 35.5 Å². The Bertz CT molecular complexity index is 1250. The summed E-state index contributed by atoms with van der Waals surface area (Å²) < 4.78 is 29.3. The van der Waals surface area contributed by atoms with E-state index >= 15 is 0 Å². The summed E-state index contributed by atoms with van der Waals surface area (Å²) in [6.07, 6.45) is 1.11. The third-order valence-corrected chi connectivity index (χ3v) is 13.0. The summed E-state index contributed by atoms with van der Waals surface area (Å²) in [7, 11) is -6.19. The molecule has 4 nitrogen and oxygen atoms in total. The Hall–Kier alpha value is -2.74. The summed E-state index contributed by atoms with van der Waals surface area (Å²) in [5, 5.41) is 22.7. The van der Waals surface area contributed by atoms with Gasteiger partial charge < -0.3 is 19.3 Å². The molecule has 0 saturated heterocycles. The molecule has 4 rings (SSSR count). The lowest BCUT2D eigenvalue weighted by Gasteiger charge is -2.25. The Kier molecular flexibility index (Phi) is 8.21. The van der Waals surface area contributed by atoms with Gasteiger partial charge in [0, 0.05) is 33.5 Å². The average molecular weight is 505 g/mol. The van der Waals surface area contributed by atoms with Crippen LogP contribution in [-0.4, -0.2) is 22.5 Å². The largest absolute Gasteiger partial charge is 0.392 e. The van der Waals surface area contributed by atoms with Crippen molar-refractivity contribution in [3.63, 3.8) is 0 Å². The van der Waals surface area contributed by atoms with Crippen LogP contribution in [0, 0.1) is 0 Å². The zero-order valence-corrected chi connectivity index (χ0v) is 21.3. The maximum absolute atomic E-state index is 14.6. The minimum atomic E-state index is -3.10. The van der Waals surface area contributed by atoms with Crippen LogP contribution in [0.1, 0.15) is 17.5 Å². The summed E-state index contributed by atoms with van der Waals surface area (Å²) in [6.45, 7) is -0.390. The fourth-order valence-corrected chi connectivity index (χ4v) is 10.8. The predicted octanol–water partition coefficient (Wildman–Crippen LogP) is 4.39. The Balaban J connectivity index is 1.73. The molecule has 4 aromatic carbocycles. The van der Waals surface area contributed by atoms with E-state index in [4.69, 9.17) is 0 Å². The quantitative estimate of drug-likeness (QED) is 0.314. The van der Waals surface area contributed by atoms with Crippen LogP contribution in [0.3, 0.4) is 0 Å². The first-order chi connectivity index (χ1) is 17.0. The Labute approximate surface area is 207 Å². The molecule has 0 fully saturated rings. The van der Waals surface area contributed by atoms with Crippen LogP contribution in [0.4, 0.5) is 0 Å². The molecule has 0 radical (unpaired) electrons. The second-order valence-electron chi connectivity index (χ2n) is 8.52. The number of hydrogen-bond donors (Lipinski definition) is 2. The van der Waals surface area contributed by atoms with E-state index in [1.165, 1.54) is 0 Å². The van der Waals surface area contributed by atoms with E-state index in [9.17, 15) is 19.3 Å². The maximum Gasteiger partial charge on any atom is 0.143 e. The lowest BCUT2D eigenvalue weighted by atomic mass is 10.2. The minimum Gasteiger partial charge on any atom is -0.392 e. The monoisotopic (exact) mass is 504 g/mol. The van der Waals surface area contributed by atoms with Crippen LogP contribution in [-0.2, 0) is 22.3 Å². The maximum atomic E-state index is 14.6. The molecule has 2 atom stereocenters. The Morgan fingerprint density at radius 2 is 0.829 bits per heavy atom. The van der Waals surface area contributed by atoms with E-state index in [0.717, 1.165) is 10.6 Å². The van der Waals surface area contributed by atoms with Crippen LogP contribution in [0.5, 0.6) is 0 Å². The van der Waals surface area contributed by atoms with Gasteiger partial charge in [0.05, 0.1) is 13.2 Å². The molecule has 2 N–H and O–H groups in total. The lowest BCUT2D eigenvalue weighted by molar-refractivity contribution is 0.282. The molecule has 0 aromatic heterocycles. The first kappa shape index (κ1) is 25.4. The van der Waals surface area contributed by atoms with Gasteiger partial charge >= 0.3 is 0 Å². The second kappa shape index (κ2) is 11.3. The van der Waals surface area contributed by atoms with Gasteiger partial charge in [0.1, 0.15) is 14.3 Å². The van der Waals surface area contributed by atoms with Gasteiger partial charge in [0.2, 0.25) is 0 Å². The van der Waals surface area contributed by atoms with Gasteiger partial charge in [-0.1, -0.05) is 109 Å². The molecule has 0 aliphatic carbocycles. The molecular formula is C29H30O4P2. The number of aliphatic hydroxyl groups excluding tert-OH is 2. The molecule has 180 valence electrons. The fraction of sp³-hybridized carbons (Fsp3) is 0.172. The van der Waals surface area contributed by atoms with E-state index in [1.54, 1.807) is 12.1 Å². The van der Waals surface area contributed by atoms with Gasteiger partial charge in [-0.25, -0.2) is 0 Å². The van der Waals surface area contributed by atoms with Crippen LogP contribution >= 0.6 is 14.3 Å². The van der Waals surface area contributed by atoms with Gasteiger partial charge in [-0.3, -0.25) is 0 Å². The SMILES string of the molecule is O=P(CCCP(=O)(c1ccccc1)c1ccccc1CO)(c1ccccc1)c1ccccc1CO. The van der Waals surface area contributed by atoms with Gasteiger partial charge in [0.15, 0.2) is 0 Å². The van der Waals surface area contributed by atoms with Crippen molar-refractivity contribution in [3.05, 3.63) is 120 Å². The second-order valence-corrected chi connectivity index (χ2v) is 14.4. The number of aliphatic hydroxyl groups is 2. The molecule has 0 saturated carbocycles. The third kappa shape index (κ3) is 5.27. The first-order valence-corrected chi connectivity index (χ1v) is 15.5. The molecule has 35 heavy (non-hydrogen) atoms. The number of rotatable bonds is 10. The molecule has 0 heterocycles. The average Bonchev–Trinajstić information content (AvgIpc) is 2.93. The van der Waals surface area contributed by atoms with Crippen molar-refractivity contribution in [2.75, 3.05) is 12.3 Å². The van der Waals surface area contributed by atoms with Gasteiger partial charge in [0.25, 0.3) is 0 Å². The summed E-state index contributed by atoms with van der Waals surface area (Å²) in [5.41, 5.74) is 1.30. The molecule has 0 spiro atoms. The van der Waals surface area contributed by atoms with Crippen LogP contribution in [0.25, 0.3) is 0 Å². The minimum absolute atomic E-state index is 0.195. The number of hydrogen-bond acceptors (Lipinski definition) is 4. The summed E-state index contributed by atoms with van der Waals surface area (Å²) in [6, 6.07) is 33.4. The zero-order chi connectivity index (χ0) is 24.7. The van der Waals surface area contributed by atoms with Crippen molar-refractivity contribution in [1.82, 2.24) is 0 Å². The van der Waals surface area contributed by atoms with E-state index in [2.05, 4.69) is 0 Å². The lowest BCUT2D eigenvalue weighted by Crippen LogP contribution is -2.25. The van der Waals surface area contributed by atoms with Gasteiger partial charge in [-0.2, -0.15) is 0 Å². The van der Waals surface area contributed by atoms with Crippen LogP contribution < -0.4 is 21.2 Å². The van der Waals surface area contributed by atoms with Crippen molar-refractivity contribution in [2.24, 2.45) is 0 Å². The highest BCUT2D eigenvalue weighted by atomic mass is 31.2. The molecule has 0 aliphatic rings. The zero-order valence-electron chi connectivity index (χ0n) is 19.5. The van der Waals surface area contributed by atoms with Crippen molar-refractivity contribution in [3.8, 4) is 0 Å². The molecule has 2 unspecified atom stereocenters. The van der Waals surface area contributed by atoms with Crippen LogP contribution in [0.2, 0.25) is 0 Å². The normalized spacial score (nSPS) is 14.7. The van der Waals surface area contributed by atoms with Crippen molar-refractivity contribution in [1.29, 1.82) is 0 Å². The molecule has 0 amide bonds. The highest BCUT2D eigenvalue weighted by molar-refractivity contribution is 7.79. The molecule has 4 aromatic rings. The van der Waals surface area contributed by atoms with E-state index in [1.807, 2.05) is 97.1 Å². The summed E-state index contributed by atoms with van der Waals surface area (Å²) in [5.74, 6) is 0. The van der Waals surface area contributed by atoms with Crippen LogP contribution in [0.15, 0.2) is 109 Å². The molecular weight excluding hydrogens is 474 g/mol. The smallest absolute Gasteiger partial charge is 0.143 e. The van der Waals surface area contributed by atoms with E-state index < -0.39 is 14.3 Å². The standard InChI is InChI=1S/C29H30O4P2/c30-22-24-12-7-9-18-28(24)34(32,26-14-3-1-4-15-26)20-11-21-35(33,27-16-5-2-6-17-27)29-19-10-8-13-25(29)23-31/h1-10,12-19,30-31H,11,20-23H2. The van der Waals surface area contributed by atoms with E-state index in [-0.39, 0.29) is 13.2 Å². The number of benzene rings is 4. The van der Waals surface area contributed by atoms with E-state index in [0.29, 0.717) is 40.5 Å². The molecule has 0 bridgehead atoms. The molecule has 6 heteroatoms. The van der Waals surface area contributed by atoms with Crippen molar-refractivity contribution < 1.29 is 19.3 Å². The third-order valence-electron chi connectivity index (χ3n) is 6.39. The fourth-order valence-electron chi connectivity index (χ4n) is 4.62. The Morgan fingerprint density at radius 1 is 0.486 bits per heavy atom. The predicted molar refractivity (Wildman–Crippen MR) is 146 cm³/mol. The summed E-state index contributed by atoms with van der Waals surface area (Å²) in [4.78, 5) is 0. The topological polar surface area (TPSA) is 74.6 Å². The van der Waals surface area contributed by atoms with Gasteiger partial charge in [-0.15, -0.1) is 0 Å². The van der Waals surface area contributed by atoms with Gasteiger partial charge in [-0.05, 0) is 17.5 Å². The Morgan fingerprint density at radius 3 is 1.20 bits per heavy atom. The van der Waals surface area contributed by atoms with Crippen molar-refractivity contribution in [2.45, 2.75) is 19.6 Å². The summed E-state index contributed by atoms with van der Waals surface area (Å²) >= 11 is 0. The molecule has 0 aliphatic heterocycles.